The zero-order valence-corrected chi connectivity index (χ0v) is 11.1. The number of carboxylic acids is 1. The van der Waals surface area contributed by atoms with E-state index in [4.69, 9.17) is 0 Å². The van der Waals surface area contributed by atoms with E-state index in [0.717, 1.165) is 24.0 Å². The number of amides is 1. The molecular formula is C15H19NO3. The predicted molar refractivity (Wildman–Crippen MR) is 71.9 cm³/mol. The van der Waals surface area contributed by atoms with Gasteiger partial charge in [0.1, 0.15) is 6.04 Å². The molecule has 1 heterocycles. The van der Waals surface area contributed by atoms with Gasteiger partial charge in [0.05, 0.1) is 6.42 Å². The Morgan fingerprint density at radius 1 is 1.37 bits per heavy atom. The Labute approximate surface area is 113 Å². The molecule has 1 fully saturated rings. The molecule has 2 rings (SSSR count). The monoisotopic (exact) mass is 261 g/mol. The highest BCUT2D eigenvalue weighted by atomic mass is 16.4. The lowest BCUT2D eigenvalue weighted by atomic mass is 10.0. The van der Waals surface area contributed by atoms with Gasteiger partial charge in [-0.2, -0.15) is 0 Å². The van der Waals surface area contributed by atoms with Crippen LogP contribution in [0.3, 0.4) is 0 Å². The van der Waals surface area contributed by atoms with Crippen molar-refractivity contribution < 1.29 is 14.7 Å². The van der Waals surface area contributed by atoms with Crippen molar-refractivity contribution in [2.24, 2.45) is 0 Å². The summed E-state index contributed by atoms with van der Waals surface area (Å²) in [6, 6.07) is 7.13. The molecule has 1 saturated heterocycles. The molecule has 0 aliphatic carbocycles. The van der Waals surface area contributed by atoms with Crippen LogP contribution in [0.15, 0.2) is 24.3 Å². The number of carbonyl (C=O) groups excluding carboxylic acids is 1. The summed E-state index contributed by atoms with van der Waals surface area (Å²) >= 11 is 0. The third kappa shape index (κ3) is 3.34. The highest BCUT2D eigenvalue weighted by Crippen LogP contribution is 2.18. The molecule has 0 aromatic heterocycles. The second kappa shape index (κ2) is 5.87. The van der Waals surface area contributed by atoms with Crippen LogP contribution in [0.2, 0.25) is 0 Å². The maximum Gasteiger partial charge on any atom is 0.326 e. The van der Waals surface area contributed by atoms with Crippen molar-refractivity contribution in [2.45, 2.75) is 38.6 Å². The summed E-state index contributed by atoms with van der Waals surface area (Å²) in [6.45, 7) is 2.54. The van der Waals surface area contributed by atoms with Crippen molar-refractivity contribution >= 4 is 11.9 Å². The number of rotatable bonds is 3. The summed E-state index contributed by atoms with van der Waals surface area (Å²) in [5, 5.41) is 9.17. The third-order valence-electron chi connectivity index (χ3n) is 3.55. The Morgan fingerprint density at radius 3 is 2.84 bits per heavy atom. The van der Waals surface area contributed by atoms with Crippen molar-refractivity contribution in [3.63, 3.8) is 0 Å². The lowest BCUT2D eigenvalue weighted by molar-refractivity contribution is -0.151. The molecule has 19 heavy (non-hydrogen) atoms. The molecule has 4 heteroatoms. The van der Waals surface area contributed by atoms with Crippen LogP contribution in [-0.2, 0) is 16.0 Å². The summed E-state index contributed by atoms with van der Waals surface area (Å²) in [4.78, 5) is 25.0. The van der Waals surface area contributed by atoms with E-state index in [1.54, 1.807) is 0 Å². The SMILES string of the molecule is Cc1cccc(CC(=O)N2CCCC[C@H]2C(=O)O)c1. The molecule has 0 unspecified atom stereocenters. The van der Waals surface area contributed by atoms with E-state index in [1.807, 2.05) is 31.2 Å². The van der Waals surface area contributed by atoms with Gasteiger partial charge in [0.25, 0.3) is 0 Å². The van der Waals surface area contributed by atoms with Gasteiger partial charge < -0.3 is 10.0 Å². The van der Waals surface area contributed by atoms with Crippen molar-refractivity contribution in [1.82, 2.24) is 4.90 Å². The van der Waals surface area contributed by atoms with Crippen LogP contribution >= 0.6 is 0 Å². The van der Waals surface area contributed by atoms with Crippen molar-refractivity contribution in [3.8, 4) is 0 Å². The first-order valence-electron chi connectivity index (χ1n) is 6.66. The van der Waals surface area contributed by atoms with Gasteiger partial charge in [0, 0.05) is 6.54 Å². The minimum absolute atomic E-state index is 0.0855. The summed E-state index contributed by atoms with van der Waals surface area (Å²) in [5.74, 6) is -0.977. The summed E-state index contributed by atoms with van der Waals surface area (Å²) in [5.41, 5.74) is 2.05. The van der Waals surface area contributed by atoms with E-state index in [0.29, 0.717) is 13.0 Å². The number of nitrogens with zero attached hydrogens (tertiary/aromatic N) is 1. The average Bonchev–Trinajstić information content (AvgIpc) is 2.38. The predicted octanol–water partition coefficient (Wildman–Crippen LogP) is 2.00. The van der Waals surface area contributed by atoms with Crippen molar-refractivity contribution in [2.75, 3.05) is 6.54 Å². The zero-order valence-electron chi connectivity index (χ0n) is 11.1. The lowest BCUT2D eigenvalue weighted by Gasteiger charge is -2.33. The number of piperidine rings is 1. The second-order valence-electron chi connectivity index (χ2n) is 5.10. The van der Waals surface area contributed by atoms with Gasteiger partial charge in [-0.15, -0.1) is 0 Å². The van der Waals surface area contributed by atoms with Crippen LogP contribution in [0.5, 0.6) is 0 Å². The van der Waals surface area contributed by atoms with Crippen LogP contribution in [0.4, 0.5) is 0 Å². The number of carbonyl (C=O) groups is 2. The van der Waals surface area contributed by atoms with Crippen LogP contribution < -0.4 is 0 Å². The van der Waals surface area contributed by atoms with Gasteiger partial charge in [-0.25, -0.2) is 4.79 Å². The highest BCUT2D eigenvalue weighted by molar-refractivity contribution is 5.85. The van der Waals surface area contributed by atoms with Crippen LogP contribution in [0.25, 0.3) is 0 Å². The first-order chi connectivity index (χ1) is 9.08. The van der Waals surface area contributed by atoms with E-state index >= 15 is 0 Å². The Hall–Kier alpha value is -1.84. The molecular weight excluding hydrogens is 242 g/mol. The Morgan fingerprint density at radius 2 is 2.16 bits per heavy atom. The smallest absolute Gasteiger partial charge is 0.326 e. The minimum Gasteiger partial charge on any atom is -0.480 e. The maximum atomic E-state index is 12.3. The molecule has 0 saturated carbocycles. The number of likely N-dealkylation sites (tertiary alicyclic amines) is 1. The molecule has 0 radical (unpaired) electrons. The van der Waals surface area contributed by atoms with E-state index in [9.17, 15) is 14.7 Å². The molecule has 1 aliphatic rings. The van der Waals surface area contributed by atoms with E-state index in [-0.39, 0.29) is 12.3 Å². The third-order valence-corrected chi connectivity index (χ3v) is 3.55. The number of carboxylic acid groups (broad SMARTS) is 1. The van der Waals surface area contributed by atoms with E-state index in [2.05, 4.69) is 0 Å². The molecule has 1 aromatic rings. The van der Waals surface area contributed by atoms with Gasteiger partial charge in [0.2, 0.25) is 5.91 Å². The fourth-order valence-electron chi connectivity index (χ4n) is 2.59. The maximum absolute atomic E-state index is 12.3. The first kappa shape index (κ1) is 13.6. The highest BCUT2D eigenvalue weighted by Gasteiger charge is 2.31. The van der Waals surface area contributed by atoms with E-state index in [1.165, 1.54) is 4.90 Å². The van der Waals surface area contributed by atoms with Crippen LogP contribution in [-0.4, -0.2) is 34.5 Å². The molecule has 1 atom stereocenters. The van der Waals surface area contributed by atoms with Gasteiger partial charge >= 0.3 is 5.97 Å². The molecule has 102 valence electrons. The molecule has 4 nitrogen and oxygen atoms in total. The zero-order chi connectivity index (χ0) is 13.8. The Bertz CT molecular complexity index is 484. The average molecular weight is 261 g/mol. The lowest BCUT2D eigenvalue weighted by Crippen LogP contribution is -2.48. The largest absolute Gasteiger partial charge is 0.480 e. The van der Waals surface area contributed by atoms with Crippen molar-refractivity contribution in [3.05, 3.63) is 35.4 Å². The van der Waals surface area contributed by atoms with Gasteiger partial charge in [-0.05, 0) is 31.7 Å². The normalized spacial score (nSPS) is 19.2. The summed E-state index contributed by atoms with van der Waals surface area (Å²) < 4.78 is 0. The Kier molecular flexibility index (Phi) is 4.20. The van der Waals surface area contributed by atoms with Gasteiger partial charge in [-0.3, -0.25) is 4.79 Å². The second-order valence-corrected chi connectivity index (χ2v) is 5.10. The number of aliphatic carboxylic acids is 1. The van der Waals surface area contributed by atoms with E-state index < -0.39 is 12.0 Å². The first-order valence-corrected chi connectivity index (χ1v) is 6.66. The minimum atomic E-state index is -0.891. The fourth-order valence-corrected chi connectivity index (χ4v) is 2.59. The number of hydrogen-bond acceptors (Lipinski definition) is 2. The fraction of sp³-hybridized carbons (Fsp3) is 0.467. The molecule has 1 aliphatic heterocycles. The number of aryl methyl sites for hydroxylation is 1. The van der Waals surface area contributed by atoms with Gasteiger partial charge in [-0.1, -0.05) is 29.8 Å². The topological polar surface area (TPSA) is 57.6 Å². The molecule has 1 N–H and O–H groups in total. The summed E-state index contributed by atoms with van der Waals surface area (Å²) in [7, 11) is 0. The van der Waals surface area contributed by atoms with Crippen molar-refractivity contribution in [1.29, 1.82) is 0 Å². The summed E-state index contributed by atoms with van der Waals surface area (Å²) in [6.07, 6.45) is 2.62. The van der Waals surface area contributed by atoms with Crippen LogP contribution in [0, 0.1) is 6.92 Å². The van der Waals surface area contributed by atoms with Crippen LogP contribution in [0.1, 0.15) is 30.4 Å². The molecule has 0 bridgehead atoms. The number of hydrogen-bond donors (Lipinski definition) is 1. The standard InChI is InChI=1S/C15H19NO3/c1-11-5-4-6-12(9-11)10-14(17)16-8-3-2-7-13(16)15(18)19/h4-6,9,13H,2-3,7-8,10H2,1H3,(H,18,19)/t13-/m0/s1. The quantitative estimate of drug-likeness (QED) is 0.905. The Balaban J connectivity index is 2.07. The van der Waals surface area contributed by atoms with Gasteiger partial charge in [0.15, 0.2) is 0 Å². The molecule has 0 spiro atoms. The number of benzene rings is 1. The molecule has 1 aromatic carbocycles. The molecule has 1 amide bonds.